The SMILES string of the molecule is O=S(=O)(CCCCl)c1ccc(C(F)(F)F)nn1. The monoisotopic (exact) mass is 288 g/mol. The van der Waals surface area contributed by atoms with Gasteiger partial charge in [-0.25, -0.2) is 8.42 Å². The summed E-state index contributed by atoms with van der Waals surface area (Å²) in [6.07, 6.45) is -4.43. The van der Waals surface area contributed by atoms with E-state index in [1.807, 2.05) is 0 Å². The summed E-state index contributed by atoms with van der Waals surface area (Å²) in [6, 6.07) is 1.37. The molecule has 0 unspecified atom stereocenters. The van der Waals surface area contributed by atoms with Crippen LogP contribution >= 0.6 is 11.6 Å². The minimum Gasteiger partial charge on any atom is -0.222 e. The Labute approximate surface area is 101 Å². The average molecular weight is 289 g/mol. The lowest BCUT2D eigenvalue weighted by Crippen LogP contribution is -2.14. The van der Waals surface area contributed by atoms with Gasteiger partial charge in [0.05, 0.1) is 5.75 Å². The maximum absolute atomic E-state index is 12.1. The molecule has 0 saturated heterocycles. The summed E-state index contributed by atoms with van der Waals surface area (Å²) in [6.45, 7) is 0. The van der Waals surface area contributed by atoms with Crippen LogP contribution < -0.4 is 0 Å². The van der Waals surface area contributed by atoms with E-state index in [9.17, 15) is 21.6 Å². The van der Waals surface area contributed by atoms with Gasteiger partial charge in [-0.05, 0) is 18.6 Å². The number of sulfone groups is 1. The highest BCUT2D eigenvalue weighted by molar-refractivity contribution is 7.91. The fraction of sp³-hybridized carbons (Fsp3) is 0.500. The topological polar surface area (TPSA) is 59.9 Å². The second-order valence-corrected chi connectivity index (χ2v) is 5.55. The average Bonchev–Trinajstić information content (AvgIpc) is 2.25. The molecule has 17 heavy (non-hydrogen) atoms. The molecule has 0 bridgehead atoms. The van der Waals surface area contributed by atoms with Crippen LogP contribution in [0.5, 0.6) is 0 Å². The first-order chi connectivity index (χ1) is 7.77. The predicted octanol–water partition coefficient (Wildman–Crippen LogP) is 1.90. The van der Waals surface area contributed by atoms with E-state index in [1.165, 1.54) is 0 Å². The standard InChI is InChI=1S/C8H8ClF3N2O2S/c9-4-1-5-17(15,16)7-3-2-6(13-14-7)8(10,11)12/h2-3H,1,4-5H2. The first-order valence-electron chi connectivity index (χ1n) is 4.47. The van der Waals surface area contributed by atoms with Crippen LogP contribution in [0.3, 0.4) is 0 Å². The molecule has 9 heteroatoms. The van der Waals surface area contributed by atoms with E-state index in [0.29, 0.717) is 6.07 Å². The molecule has 1 rings (SSSR count). The molecular formula is C8H8ClF3N2O2S. The first kappa shape index (κ1) is 14.2. The normalized spacial score (nSPS) is 12.7. The van der Waals surface area contributed by atoms with E-state index in [0.717, 1.165) is 6.07 Å². The molecule has 0 spiro atoms. The summed E-state index contributed by atoms with van der Waals surface area (Å²) in [7, 11) is -3.71. The molecule has 96 valence electrons. The van der Waals surface area contributed by atoms with Crippen LogP contribution in [-0.2, 0) is 16.0 Å². The highest BCUT2D eigenvalue weighted by Crippen LogP contribution is 2.27. The fourth-order valence-corrected chi connectivity index (χ4v) is 2.45. The molecule has 0 atom stereocenters. The number of aromatic nitrogens is 2. The molecule has 4 nitrogen and oxygen atoms in total. The Bertz CT molecular complexity index is 473. The van der Waals surface area contributed by atoms with Gasteiger partial charge in [0.15, 0.2) is 20.6 Å². The van der Waals surface area contributed by atoms with E-state index in [2.05, 4.69) is 10.2 Å². The number of rotatable bonds is 4. The molecule has 1 aromatic rings. The Morgan fingerprint density at radius 1 is 1.24 bits per heavy atom. The zero-order valence-electron chi connectivity index (χ0n) is 8.41. The van der Waals surface area contributed by atoms with Crippen LogP contribution in [0.25, 0.3) is 0 Å². The predicted molar refractivity (Wildman–Crippen MR) is 54.4 cm³/mol. The van der Waals surface area contributed by atoms with Crippen LogP contribution in [0, 0.1) is 0 Å². The molecular weight excluding hydrogens is 281 g/mol. The highest BCUT2D eigenvalue weighted by Gasteiger charge is 2.33. The summed E-state index contributed by atoms with van der Waals surface area (Å²) in [4.78, 5) is 0. The molecule has 0 aliphatic carbocycles. The van der Waals surface area contributed by atoms with E-state index in [1.54, 1.807) is 0 Å². The number of halogens is 4. The third-order valence-corrected chi connectivity index (χ3v) is 3.74. The third-order valence-electron chi connectivity index (χ3n) is 1.80. The fourth-order valence-electron chi connectivity index (χ4n) is 0.986. The molecule has 1 aromatic heterocycles. The lowest BCUT2D eigenvalue weighted by Gasteiger charge is -2.05. The van der Waals surface area contributed by atoms with E-state index in [4.69, 9.17) is 11.6 Å². The van der Waals surface area contributed by atoms with Crippen molar-refractivity contribution < 1.29 is 21.6 Å². The number of hydrogen-bond acceptors (Lipinski definition) is 4. The van der Waals surface area contributed by atoms with Crippen molar-refractivity contribution in [2.45, 2.75) is 17.6 Å². The molecule has 0 radical (unpaired) electrons. The minimum absolute atomic E-state index is 0.146. The van der Waals surface area contributed by atoms with Crippen LogP contribution in [-0.4, -0.2) is 30.2 Å². The van der Waals surface area contributed by atoms with Crippen molar-refractivity contribution in [3.63, 3.8) is 0 Å². The second kappa shape index (κ2) is 5.18. The number of nitrogens with zero attached hydrogens (tertiary/aromatic N) is 2. The van der Waals surface area contributed by atoms with Gasteiger partial charge < -0.3 is 0 Å². The zero-order chi connectivity index (χ0) is 13.1. The van der Waals surface area contributed by atoms with Crippen LogP contribution in [0.15, 0.2) is 17.2 Å². The van der Waals surface area contributed by atoms with Crippen LogP contribution in [0.4, 0.5) is 13.2 Å². The largest absolute Gasteiger partial charge is 0.435 e. The lowest BCUT2D eigenvalue weighted by molar-refractivity contribution is -0.141. The van der Waals surface area contributed by atoms with E-state index >= 15 is 0 Å². The van der Waals surface area contributed by atoms with Gasteiger partial charge in [-0.3, -0.25) is 0 Å². The molecule has 0 amide bonds. The van der Waals surface area contributed by atoms with Crippen molar-refractivity contribution in [1.82, 2.24) is 10.2 Å². The van der Waals surface area contributed by atoms with Crippen molar-refractivity contribution in [2.75, 3.05) is 11.6 Å². The van der Waals surface area contributed by atoms with Gasteiger partial charge in [0.1, 0.15) is 0 Å². The van der Waals surface area contributed by atoms with Gasteiger partial charge in [0, 0.05) is 5.88 Å². The summed E-state index contributed by atoms with van der Waals surface area (Å²) < 4.78 is 59.5. The van der Waals surface area contributed by atoms with Crippen molar-refractivity contribution in [1.29, 1.82) is 0 Å². The van der Waals surface area contributed by atoms with Gasteiger partial charge in [0.25, 0.3) is 0 Å². The Morgan fingerprint density at radius 3 is 2.29 bits per heavy atom. The molecule has 0 aromatic carbocycles. The zero-order valence-corrected chi connectivity index (χ0v) is 9.98. The van der Waals surface area contributed by atoms with Crippen LogP contribution in [0.2, 0.25) is 0 Å². The van der Waals surface area contributed by atoms with E-state index < -0.39 is 26.7 Å². The quantitative estimate of drug-likeness (QED) is 0.794. The van der Waals surface area contributed by atoms with Gasteiger partial charge in [-0.2, -0.15) is 13.2 Å². The summed E-state index contributed by atoms with van der Waals surface area (Å²) in [5, 5.41) is 5.43. The Kier molecular flexibility index (Phi) is 4.31. The Morgan fingerprint density at radius 2 is 1.88 bits per heavy atom. The van der Waals surface area contributed by atoms with Crippen molar-refractivity contribution in [2.24, 2.45) is 0 Å². The molecule has 0 saturated carbocycles. The van der Waals surface area contributed by atoms with Gasteiger partial charge in [0.2, 0.25) is 0 Å². The summed E-state index contributed by atoms with van der Waals surface area (Å²) >= 11 is 5.33. The lowest BCUT2D eigenvalue weighted by atomic mass is 10.4. The second-order valence-electron chi connectivity index (χ2n) is 3.12. The van der Waals surface area contributed by atoms with Crippen molar-refractivity contribution in [3.8, 4) is 0 Å². The third kappa shape index (κ3) is 3.81. The van der Waals surface area contributed by atoms with E-state index in [-0.39, 0.29) is 18.1 Å². The summed E-state index contributed by atoms with van der Waals surface area (Å²) in [5.41, 5.74) is -1.23. The maximum atomic E-state index is 12.1. The smallest absolute Gasteiger partial charge is 0.222 e. The minimum atomic E-state index is -4.63. The Hall–Kier alpha value is -0.890. The molecule has 1 heterocycles. The molecule has 0 N–H and O–H groups in total. The van der Waals surface area contributed by atoms with Crippen molar-refractivity contribution in [3.05, 3.63) is 17.8 Å². The molecule has 0 fully saturated rings. The van der Waals surface area contributed by atoms with Crippen LogP contribution in [0.1, 0.15) is 12.1 Å². The Balaban J connectivity index is 2.95. The number of hydrogen-bond donors (Lipinski definition) is 0. The van der Waals surface area contributed by atoms with Gasteiger partial charge in [-0.15, -0.1) is 21.8 Å². The number of alkyl halides is 4. The maximum Gasteiger partial charge on any atom is 0.435 e. The first-order valence-corrected chi connectivity index (χ1v) is 6.66. The molecule has 0 aliphatic heterocycles. The summed E-state index contributed by atoms with van der Waals surface area (Å²) in [5.74, 6) is -0.121. The highest BCUT2D eigenvalue weighted by atomic mass is 35.5. The molecule has 0 aliphatic rings. The van der Waals surface area contributed by atoms with Gasteiger partial charge in [-0.1, -0.05) is 0 Å². The van der Waals surface area contributed by atoms with Gasteiger partial charge >= 0.3 is 6.18 Å². The van der Waals surface area contributed by atoms with Crippen molar-refractivity contribution >= 4 is 21.4 Å².